The van der Waals surface area contributed by atoms with Crippen LogP contribution in [0.1, 0.15) is 26.3 Å². The first kappa shape index (κ1) is 26.0. The molecule has 2 aliphatic rings. The summed E-state index contributed by atoms with van der Waals surface area (Å²) in [7, 11) is 0. The Bertz CT molecular complexity index is 2550. The van der Waals surface area contributed by atoms with Crippen LogP contribution in [0.15, 0.2) is 84.9 Å². The van der Waals surface area contributed by atoms with Gasteiger partial charge in [0.05, 0.1) is 5.02 Å². The lowest BCUT2D eigenvalue weighted by Gasteiger charge is -2.20. The summed E-state index contributed by atoms with van der Waals surface area (Å²) in [5, 5.41) is 4.15. The molecule has 0 saturated heterocycles. The van der Waals surface area contributed by atoms with Gasteiger partial charge in [-0.3, -0.25) is 0 Å². The summed E-state index contributed by atoms with van der Waals surface area (Å²) < 4.78 is 0. The fourth-order valence-electron chi connectivity index (χ4n) is 6.27. The summed E-state index contributed by atoms with van der Waals surface area (Å²) in [5.41, 5.74) is 6.95. The average Bonchev–Trinajstić information content (AvgIpc) is 3.76. The molecule has 216 valence electrons. The zero-order valence-corrected chi connectivity index (χ0v) is 25.4. The van der Waals surface area contributed by atoms with Gasteiger partial charge in [-0.25, -0.2) is 29.9 Å². The second-order valence-corrected chi connectivity index (χ2v) is 12.7. The Balaban J connectivity index is 1.51. The van der Waals surface area contributed by atoms with Crippen molar-refractivity contribution in [2.24, 2.45) is 0 Å². The molecule has 4 aromatic carbocycles. The molecule has 45 heavy (non-hydrogen) atoms. The van der Waals surface area contributed by atoms with Crippen LogP contribution in [0.3, 0.4) is 0 Å². The summed E-state index contributed by atoms with van der Waals surface area (Å²) in [4.78, 5) is 37.2. The van der Waals surface area contributed by atoms with Crippen molar-refractivity contribution in [1.29, 1.82) is 0 Å². The number of halogens is 1. The standard InChI is InChI=1S/C36H25ClN8/c1-36(2,3)25-17-16-24-26(27(25)37)35-44-33-23-15-9-8-14-22(23)31(42-33)40-29-19-11-5-4-10-18(19)28(38-29)39-30-20-12-6-7-13-21(20)32(41-30)43-34(24)45-35/h4-17H,1-3H3,(H2,38,39,40,41,42,43,44,45). The summed E-state index contributed by atoms with van der Waals surface area (Å²) in [6.45, 7) is 6.45. The van der Waals surface area contributed by atoms with Gasteiger partial charge in [0.25, 0.3) is 0 Å². The van der Waals surface area contributed by atoms with Crippen molar-refractivity contribution in [2.45, 2.75) is 26.2 Å². The number of aromatic amines is 2. The van der Waals surface area contributed by atoms with E-state index >= 15 is 0 Å². The topological polar surface area (TPSA) is 109 Å². The first-order valence-corrected chi connectivity index (χ1v) is 15.1. The fraction of sp³-hybridized carbons (Fsp3) is 0.111. The SMILES string of the molecule is CC(C)(C)c1ccc2c3nc4nc(nc5[nH]c(nc6nc(nc([nH]3)c2c1Cl)-c1ccccc1-6)c1ccccc51)-c1ccccc1-4. The molecular formula is C36H25ClN8. The molecule has 9 heteroatoms. The Labute approximate surface area is 262 Å². The van der Waals surface area contributed by atoms with Crippen molar-refractivity contribution in [3.63, 3.8) is 0 Å². The van der Waals surface area contributed by atoms with E-state index < -0.39 is 0 Å². The van der Waals surface area contributed by atoms with Gasteiger partial charge in [-0.1, -0.05) is 117 Å². The third-order valence-electron chi connectivity index (χ3n) is 8.46. The van der Waals surface area contributed by atoms with Crippen LogP contribution in [-0.4, -0.2) is 39.9 Å². The molecule has 9 rings (SSSR count). The molecule has 5 heterocycles. The molecule has 0 amide bonds. The van der Waals surface area contributed by atoms with Crippen LogP contribution in [0.5, 0.6) is 0 Å². The van der Waals surface area contributed by atoms with Gasteiger partial charge in [0.2, 0.25) is 0 Å². The monoisotopic (exact) mass is 604 g/mol. The smallest absolute Gasteiger partial charge is 0.164 e. The van der Waals surface area contributed by atoms with Crippen LogP contribution in [-0.2, 0) is 5.41 Å². The number of hydrogen-bond acceptors (Lipinski definition) is 6. The van der Waals surface area contributed by atoms with Crippen molar-refractivity contribution < 1.29 is 0 Å². The van der Waals surface area contributed by atoms with Crippen molar-refractivity contribution in [3.8, 4) is 45.6 Å². The maximum Gasteiger partial charge on any atom is 0.164 e. The molecular weight excluding hydrogens is 580 g/mol. The van der Waals surface area contributed by atoms with Gasteiger partial charge in [-0.15, -0.1) is 0 Å². The number of nitrogens with zero attached hydrogens (tertiary/aromatic N) is 6. The van der Waals surface area contributed by atoms with Gasteiger partial charge in [-0.05, 0) is 11.0 Å². The molecule has 0 unspecified atom stereocenters. The first-order chi connectivity index (χ1) is 21.8. The number of H-pyrrole nitrogens is 2. The average molecular weight is 605 g/mol. The third kappa shape index (κ3) is 3.92. The lowest BCUT2D eigenvalue weighted by atomic mass is 9.86. The van der Waals surface area contributed by atoms with E-state index in [0.717, 1.165) is 49.4 Å². The molecule has 2 N–H and O–H groups in total. The van der Waals surface area contributed by atoms with Crippen molar-refractivity contribution >= 4 is 55.7 Å². The van der Waals surface area contributed by atoms with E-state index in [4.69, 9.17) is 41.5 Å². The van der Waals surface area contributed by atoms with Gasteiger partial charge in [-0.2, -0.15) is 0 Å². The number of hydrogen-bond donors (Lipinski definition) is 2. The highest BCUT2D eigenvalue weighted by molar-refractivity contribution is 6.38. The fourth-order valence-corrected chi connectivity index (χ4v) is 6.81. The maximum absolute atomic E-state index is 7.20. The van der Waals surface area contributed by atoms with E-state index in [-0.39, 0.29) is 5.41 Å². The predicted octanol–water partition coefficient (Wildman–Crippen LogP) is 8.82. The molecule has 0 spiro atoms. The highest BCUT2D eigenvalue weighted by atomic mass is 35.5. The zero-order chi connectivity index (χ0) is 30.4. The van der Waals surface area contributed by atoms with E-state index in [1.807, 2.05) is 72.8 Å². The van der Waals surface area contributed by atoms with E-state index in [1.165, 1.54) is 0 Å². The van der Waals surface area contributed by atoms with Gasteiger partial charge in [0.15, 0.2) is 23.3 Å². The summed E-state index contributed by atoms with van der Waals surface area (Å²) in [6.07, 6.45) is 0. The van der Waals surface area contributed by atoms with E-state index in [2.05, 4.69) is 42.9 Å². The quantitative estimate of drug-likeness (QED) is 0.179. The Morgan fingerprint density at radius 2 is 0.867 bits per heavy atom. The zero-order valence-electron chi connectivity index (χ0n) is 24.6. The predicted molar refractivity (Wildman–Crippen MR) is 180 cm³/mol. The second kappa shape index (κ2) is 9.27. The number of benzene rings is 4. The number of fused-ring (bicyclic) bond motifs is 20. The molecule has 3 aromatic heterocycles. The molecule has 7 aromatic rings. The molecule has 2 aliphatic heterocycles. The van der Waals surface area contributed by atoms with Crippen LogP contribution in [0.25, 0.3) is 89.7 Å². The van der Waals surface area contributed by atoms with E-state index in [0.29, 0.717) is 50.9 Å². The molecule has 8 nitrogen and oxygen atoms in total. The van der Waals surface area contributed by atoms with Crippen LogP contribution in [0, 0.1) is 0 Å². The number of aromatic nitrogens is 8. The van der Waals surface area contributed by atoms with Crippen LogP contribution < -0.4 is 0 Å². The maximum atomic E-state index is 7.20. The lowest BCUT2D eigenvalue weighted by Crippen LogP contribution is -2.11. The summed E-state index contributed by atoms with van der Waals surface area (Å²) in [5.74, 6) is 2.24. The van der Waals surface area contributed by atoms with Crippen LogP contribution in [0.2, 0.25) is 5.02 Å². The van der Waals surface area contributed by atoms with Gasteiger partial charge >= 0.3 is 0 Å². The largest absolute Gasteiger partial charge is 0.324 e. The van der Waals surface area contributed by atoms with Gasteiger partial charge in [0.1, 0.15) is 22.6 Å². The minimum Gasteiger partial charge on any atom is -0.324 e. The van der Waals surface area contributed by atoms with E-state index in [9.17, 15) is 0 Å². The second-order valence-electron chi connectivity index (χ2n) is 12.3. The lowest BCUT2D eigenvalue weighted by molar-refractivity contribution is 0.591. The molecule has 0 atom stereocenters. The minimum atomic E-state index is -0.180. The molecule has 0 aliphatic carbocycles. The Morgan fingerprint density at radius 3 is 1.33 bits per heavy atom. The molecule has 0 radical (unpaired) electrons. The highest BCUT2D eigenvalue weighted by Crippen LogP contribution is 2.40. The van der Waals surface area contributed by atoms with Crippen molar-refractivity contribution in [3.05, 3.63) is 95.5 Å². The van der Waals surface area contributed by atoms with Gasteiger partial charge < -0.3 is 9.97 Å². The molecule has 0 fully saturated rings. The van der Waals surface area contributed by atoms with Crippen molar-refractivity contribution in [1.82, 2.24) is 39.9 Å². The third-order valence-corrected chi connectivity index (χ3v) is 8.86. The summed E-state index contributed by atoms with van der Waals surface area (Å²) in [6, 6.07) is 28.2. The summed E-state index contributed by atoms with van der Waals surface area (Å²) >= 11 is 7.20. The normalized spacial score (nSPS) is 12.4. The van der Waals surface area contributed by atoms with Gasteiger partial charge in [0, 0.05) is 43.8 Å². The van der Waals surface area contributed by atoms with Crippen LogP contribution in [0.4, 0.5) is 0 Å². The number of rotatable bonds is 0. The van der Waals surface area contributed by atoms with Crippen LogP contribution >= 0.6 is 11.6 Å². The number of nitrogens with one attached hydrogen (secondary N) is 2. The highest BCUT2D eigenvalue weighted by Gasteiger charge is 2.24. The van der Waals surface area contributed by atoms with Crippen molar-refractivity contribution in [2.75, 3.05) is 0 Å². The first-order valence-electron chi connectivity index (χ1n) is 14.8. The Morgan fingerprint density at radius 1 is 0.467 bits per heavy atom. The molecule has 8 bridgehead atoms. The van der Waals surface area contributed by atoms with E-state index in [1.54, 1.807) is 0 Å². The Kier molecular flexibility index (Phi) is 5.35. The molecule has 0 saturated carbocycles. The minimum absolute atomic E-state index is 0.180. The Hall–Kier alpha value is -5.47.